The lowest BCUT2D eigenvalue weighted by molar-refractivity contribution is -0.605. The molecule has 0 unspecified atom stereocenters. The molecule has 2 rings (SSSR count). The average molecular weight is 288 g/mol. The number of rotatable bonds is 6. The van der Waals surface area contributed by atoms with Crippen LogP contribution in [0.4, 0.5) is 0 Å². The van der Waals surface area contributed by atoms with Crippen LogP contribution < -0.4 is 19.5 Å². The number of amides is 1. The number of carbonyl (C=O) groups excluding carboxylic acids is 1. The SMILES string of the molecule is COc1cccc(OCCNC(=O)c2cc[n+]([O-])cc2)c1. The van der Waals surface area contributed by atoms with Gasteiger partial charge >= 0.3 is 0 Å². The van der Waals surface area contributed by atoms with E-state index in [2.05, 4.69) is 5.32 Å². The van der Waals surface area contributed by atoms with Gasteiger partial charge in [-0.3, -0.25) is 4.79 Å². The summed E-state index contributed by atoms with van der Waals surface area (Å²) in [5.41, 5.74) is 0.434. The first-order valence-corrected chi connectivity index (χ1v) is 6.43. The Bertz CT molecular complexity index is 599. The van der Waals surface area contributed by atoms with Crippen LogP contribution in [0.3, 0.4) is 0 Å². The Morgan fingerprint density at radius 3 is 2.67 bits per heavy atom. The number of hydrogen-bond donors (Lipinski definition) is 1. The van der Waals surface area contributed by atoms with E-state index >= 15 is 0 Å². The summed E-state index contributed by atoms with van der Waals surface area (Å²) in [5, 5.41) is 13.6. The van der Waals surface area contributed by atoms with Crippen molar-refractivity contribution in [1.82, 2.24) is 5.32 Å². The van der Waals surface area contributed by atoms with Gasteiger partial charge in [0.25, 0.3) is 5.91 Å². The molecule has 1 aromatic heterocycles. The van der Waals surface area contributed by atoms with Crippen LogP contribution in [-0.4, -0.2) is 26.2 Å². The minimum absolute atomic E-state index is 0.246. The summed E-state index contributed by atoms with van der Waals surface area (Å²) >= 11 is 0. The second-order valence-corrected chi connectivity index (χ2v) is 4.23. The van der Waals surface area contributed by atoms with E-state index in [1.807, 2.05) is 18.2 Å². The summed E-state index contributed by atoms with van der Waals surface area (Å²) in [4.78, 5) is 11.8. The van der Waals surface area contributed by atoms with Crippen molar-refractivity contribution in [2.24, 2.45) is 0 Å². The molecule has 0 saturated heterocycles. The van der Waals surface area contributed by atoms with Crippen LogP contribution in [-0.2, 0) is 0 Å². The number of nitrogens with one attached hydrogen (secondary N) is 1. The highest BCUT2D eigenvalue weighted by Crippen LogP contribution is 2.18. The van der Waals surface area contributed by atoms with E-state index in [0.29, 0.717) is 34.9 Å². The molecule has 0 aliphatic rings. The Labute approximate surface area is 122 Å². The zero-order valence-corrected chi connectivity index (χ0v) is 11.6. The minimum Gasteiger partial charge on any atom is -0.619 e. The highest BCUT2D eigenvalue weighted by Gasteiger charge is 2.05. The summed E-state index contributed by atoms with van der Waals surface area (Å²) in [5.74, 6) is 1.15. The van der Waals surface area contributed by atoms with Gasteiger partial charge in [-0.2, -0.15) is 4.73 Å². The van der Waals surface area contributed by atoms with Crippen molar-refractivity contribution in [2.45, 2.75) is 0 Å². The van der Waals surface area contributed by atoms with Crippen LogP contribution >= 0.6 is 0 Å². The van der Waals surface area contributed by atoms with Gasteiger partial charge in [0.2, 0.25) is 0 Å². The maximum absolute atomic E-state index is 11.8. The molecule has 0 fully saturated rings. The Hall–Kier alpha value is -2.76. The maximum Gasteiger partial charge on any atom is 0.251 e. The molecule has 0 aliphatic heterocycles. The summed E-state index contributed by atoms with van der Waals surface area (Å²) in [6, 6.07) is 10.2. The topological polar surface area (TPSA) is 74.5 Å². The van der Waals surface area contributed by atoms with E-state index in [1.54, 1.807) is 13.2 Å². The Kier molecular flexibility index (Phi) is 4.98. The van der Waals surface area contributed by atoms with Gasteiger partial charge in [-0.1, -0.05) is 6.07 Å². The van der Waals surface area contributed by atoms with Crippen molar-refractivity contribution in [3.8, 4) is 11.5 Å². The quantitative estimate of drug-likeness (QED) is 0.491. The molecule has 6 heteroatoms. The largest absolute Gasteiger partial charge is 0.619 e. The van der Waals surface area contributed by atoms with Gasteiger partial charge in [0.05, 0.1) is 19.2 Å². The molecule has 0 spiro atoms. The zero-order chi connectivity index (χ0) is 15.1. The summed E-state index contributed by atoms with van der Waals surface area (Å²) in [6.07, 6.45) is 2.56. The summed E-state index contributed by atoms with van der Waals surface area (Å²) in [7, 11) is 1.59. The van der Waals surface area contributed by atoms with Crippen molar-refractivity contribution in [2.75, 3.05) is 20.3 Å². The van der Waals surface area contributed by atoms with E-state index in [0.717, 1.165) is 0 Å². The molecule has 0 bridgehead atoms. The maximum atomic E-state index is 11.8. The van der Waals surface area contributed by atoms with Gasteiger partial charge in [0, 0.05) is 18.2 Å². The average Bonchev–Trinajstić information content (AvgIpc) is 2.52. The van der Waals surface area contributed by atoms with Crippen molar-refractivity contribution >= 4 is 5.91 Å². The van der Waals surface area contributed by atoms with Crippen molar-refractivity contribution in [3.63, 3.8) is 0 Å². The monoisotopic (exact) mass is 288 g/mol. The molecule has 2 aromatic rings. The van der Waals surface area contributed by atoms with Gasteiger partial charge < -0.3 is 20.0 Å². The number of methoxy groups -OCH3 is 1. The van der Waals surface area contributed by atoms with Gasteiger partial charge in [-0.25, -0.2) is 0 Å². The Morgan fingerprint density at radius 1 is 1.24 bits per heavy atom. The van der Waals surface area contributed by atoms with Crippen LogP contribution in [0.25, 0.3) is 0 Å². The number of aromatic nitrogens is 1. The molecule has 6 nitrogen and oxygen atoms in total. The first kappa shape index (κ1) is 14.6. The third-order valence-electron chi connectivity index (χ3n) is 2.76. The molecule has 21 heavy (non-hydrogen) atoms. The molecule has 0 aliphatic carbocycles. The molecule has 0 atom stereocenters. The Morgan fingerprint density at radius 2 is 1.95 bits per heavy atom. The van der Waals surface area contributed by atoms with Crippen LogP contribution in [0, 0.1) is 5.21 Å². The van der Waals surface area contributed by atoms with Gasteiger partial charge in [0.15, 0.2) is 12.4 Å². The number of ether oxygens (including phenoxy) is 2. The first-order valence-electron chi connectivity index (χ1n) is 6.43. The molecular weight excluding hydrogens is 272 g/mol. The molecule has 0 saturated carbocycles. The van der Waals surface area contributed by atoms with Gasteiger partial charge in [-0.15, -0.1) is 0 Å². The number of pyridine rings is 1. The second kappa shape index (κ2) is 7.14. The van der Waals surface area contributed by atoms with Crippen molar-refractivity contribution in [1.29, 1.82) is 0 Å². The molecule has 110 valence electrons. The number of hydrogen-bond acceptors (Lipinski definition) is 4. The third kappa shape index (κ3) is 4.38. The highest BCUT2D eigenvalue weighted by atomic mass is 16.5. The Balaban J connectivity index is 1.76. The third-order valence-corrected chi connectivity index (χ3v) is 2.76. The number of nitrogens with zero attached hydrogens (tertiary/aromatic N) is 1. The van der Waals surface area contributed by atoms with Gasteiger partial charge in [0.1, 0.15) is 18.1 Å². The predicted octanol–water partition coefficient (Wildman–Crippen LogP) is 1.14. The van der Waals surface area contributed by atoms with Crippen LogP contribution in [0.2, 0.25) is 0 Å². The lowest BCUT2D eigenvalue weighted by atomic mass is 10.2. The highest BCUT2D eigenvalue weighted by molar-refractivity contribution is 5.93. The smallest absolute Gasteiger partial charge is 0.251 e. The van der Waals surface area contributed by atoms with Gasteiger partial charge in [-0.05, 0) is 12.1 Å². The van der Waals surface area contributed by atoms with Crippen LogP contribution in [0.5, 0.6) is 11.5 Å². The first-order chi connectivity index (χ1) is 10.2. The van der Waals surface area contributed by atoms with Crippen molar-refractivity contribution in [3.05, 3.63) is 59.6 Å². The standard InChI is InChI=1S/C15H16N2O4/c1-20-13-3-2-4-14(11-13)21-10-7-16-15(18)12-5-8-17(19)9-6-12/h2-6,8-9,11H,7,10H2,1H3,(H,16,18). The normalized spacial score (nSPS) is 9.95. The predicted molar refractivity (Wildman–Crippen MR) is 76.2 cm³/mol. The zero-order valence-electron chi connectivity index (χ0n) is 11.6. The van der Waals surface area contributed by atoms with E-state index < -0.39 is 0 Å². The molecule has 0 radical (unpaired) electrons. The van der Waals surface area contributed by atoms with E-state index in [4.69, 9.17) is 9.47 Å². The molecule has 1 amide bonds. The van der Waals surface area contributed by atoms with E-state index in [1.165, 1.54) is 24.5 Å². The number of carbonyl (C=O) groups is 1. The fourth-order valence-electron chi connectivity index (χ4n) is 1.69. The van der Waals surface area contributed by atoms with Crippen molar-refractivity contribution < 1.29 is 19.0 Å². The number of benzene rings is 1. The second-order valence-electron chi connectivity index (χ2n) is 4.23. The van der Waals surface area contributed by atoms with E-state index in [9.17, 15) is 10.0 Å². The molecular formula is C15H16N2O4. The lowest BCUT2D eigenvalue weighted by Gasteiger charge is -2.08. The van der Waals surface area contributed by atoms with Crippen LogP contribution in [0.1, 0.15) is 10.4 Å². The summed E-state index contributed by atoms with van der Waals surface area (Å²) < 4.78 is 11.2. The minimum atomic E-state index is -0.246. The summed E-state index contributed by atoms with van der Waals surface area (Å²) in [6.45, 7) is 0.704. The van der Waals surface area contributed by atoms with E-state index in [-0.39, 0.29) is 5.91 Å². The fraction of sp³-hybridized carbons (Fsp3) is 0.200. The molecule has 1 heterocycles. The lowest BCUT2D eigenvalue weighted by Crippen LogP contribution is -2.30. The molecule has 1 N–H and O–H groups in total. The fourth-order valence-corrected chi connectivity index (χ4v) is 1.69. The molecule has 1 aromatic carbocycles. The van der Waals surface area contributed by atoms with Crippen LogP contribution in [0.15, 0.2) is 48.8 Å².